The van der Waals surface area contributed by atoms with Crippen LogP contribution in [0.1, 0.15) is 29.1 Å². The van der Waals surface area contributed by atoms with Crippen molar-refractivity contribution in [1.29, 1.82) is 0 Å². The van der Waals surface area contributed by atoms with E-state index in [9.17, 15) is 0 Å². The summed E-state index contributed by atoms with van der Waals surface area (Å²) < 4.78 is 5.25. The van der Waals surface area contributed by atoms with Gasteiger partial charge in [-0.2, -0.15) is 0 Å². The van der Waals surface area contributed by atoms with Gasteiger partial charge in [-0.25, -0.2) is 4.98 Å². The van der Waals surface area contributed by atoms with Crippen molar-refractivity contribution in [2.45, 2.75) is 33.7 Å². The Morgan fingerprint density at radius 1 is 1.32 bits per heavy atom. The van der Waals surface area contributed by atoms with Gasteiger partial charge in [0, 0.05) is 30.9 Å². The van der Waals surface area contributed by atoms with Gasteiger partial charge < -0.3 is 9.84 Å². The van der Waals surface area contributed by atoms with E-state index in [1.165, 1.54) is 12.0 Å². The number of rotatable bonds is 5. The number of hydrogen-bond acceptors (Lipinski definition) is 5. The molecule has 5 nitrogen and oxygen atoms in total. The van der Waals surface area contributed by atoms with Gasteiger partial charge in [0.15, 0.2) is 0 Å². The molecule has 0 aliphatic carbocycles. The minimum Gasteiger partial charge on any atom is -0.370 e. The average Bonchev–Trinajstić information content (AvgIpc) is 3.07. The number of nitrogens with one attached hydrogen (secondary N) is 1. The van der Waals surface area contributed by atoms with Crippen molar-refractivity contribution in [2.24, 2.45) is 5.92 Å². The summed E-state index contributed by atoms with van der Waals surface area (Å²) in [6.45, 7) is 10.2. The summed E-state index contributed by atoms with van der Waals surface area (Å²) in [7, 11) is 0. The second-order valence-electron chi connectivity index (χ2n) is 6.24. The van der Waals surface area contributed by atoms with E-state index in [4.69, 9.17) is 4.52 Å². The molecule has 22 heavy (non-hydrogen) atoms. The lowest BCUT2D eigenvalue weighted by atomic mass is 10.1. The maximum Gasteiger partial charge on any atom is 0.138 e. The van der Waals surface area contributed by atoms with E-state index in [1.54, 1.807) is 0 Å². The Hall–Kier alpha value is -1.88. The number of hydrogen-bond donors (Lipinski definition) is 1. The van der Waals surface area contributed by atoms with Crippen LogP contribution in [0.2, 0.25) is 0 Å². The lowest BCUT2D eigenvalue weighted by Gasteiger charge is -2.16. The molecule has 1 unspecified atom stereocenters. The molecule has 2 aromatic heterocycles. The van der Waals surface area contributed by atoms with Gasteiger partial charge in [0.05, 0.1) is 5.69 Å². The third-order valence-corrected chi connectivity index (χ3v) is 4.39. The Bertz CT molecular complexity index is 618. The molecular weight excluding hydrogens is 276 g/mol. The second kappa shape index (κ2) is 6.48. The molecule has 0 radical (unpaired) electrons. The van der Waals surface area contributed by atoms with Crippen molar-refractivity contribution in [3.8, 4) is 0 Å². The van der Waals surface area contributed by atoms with E-state index in [2.05, 4.69) is 20.4 Å². The van der Waals surface area contributed by atoms with Crippen LogP contribution in [0.25, 0.3) is 0 Å². The number of nitrogens with zero attached hydrogens (tertiary/aromatic N) is 3. The van der Waals surface area contributed by atoms with Crippen molar-refractivity contribution in [2.75, 3.05) is 25.0 Å². The van der Waals surface area contributed by atoms with E-state index < -0.39 is 0 Å². The van der Waals surface area contributed by atoms with Crippen molar-refractivity contribution in [3.63, 3.8) is 0 Å². The van der Waals surface area contributed by atoms with Crippen LogP contribution in [-0.4, -0.2) is 34.7 Å². The van der Waals surface area contributed by atoms with Gasteiger partial charge in [0.2, 0.25) is 0 Å². The van der Waals surface area contributed by atoms with Crippen molar-refractivity contribution >= 4 is 5.82 Å². The van der Waals surface area contributed by atoms with Gasteiger partial charge in [0.25, 0.3) is 0 Å². The predicted molar refractivity (Wildman–Crippen MR) is 86.8 cm³/mol. The maximum atomic E-state index is 5.25. The van der Waals surface area contributed by atoms with Crippen LogP contribution in [0.3, 0.4) is 0 Å². The highest BCUT2D eigenvalue weighted by Gasteiger charge is 2.24. The van der Waals surface area contributed by atoms with E-state index in [0.717, 1.165) is 49.1 Å². The zero-order valence-electron chi connectivity index (χ0n) is 13.6. The molecule has 1 saturated heterocycles. The molecule has 1 fully saturated rings. The molecule has 1 aliphatic rings. The predicted octanol–water partition coefficient (Wildman–Crippen LogP) is 2.93. The molecular formula is C17H24N4O. The van der Waals surface area contributed by atoms with Crippen LogP contribution < -0.4 is 5.32 Å². The number of aryl methyl sites for hydroxylation is 3. The Labute approximate surface area is 131 Å². The molecule has 3 rings (SSSR count). The summed E-state index contributed by atoms with van der Waals surface area (Å²) in [5.74, 6) is 2.59. The molecule has 0 spiro atoms. The van der Waals surface area contributed by atoms with Crippen molar-refractivity contribution in [3.05, 3.63) is 40.9 Å². The molecule has 1 N–H and O–H groups in total. The van der Waals surface area contributed by atoms with Crippen LogP contribution >= 0.6 is 0 Å². The summed E-state index contributed by atoms with van der Waals surface area (Å²) in [6, 6.07) is 6.10. The minimum absolute atomic E-state index is 0.669. The first-order valence-electron chi connectivity index (χ1n) is 7.93. The first-order chi connectivity index (χ1) is 10.6. The summed E-state index contributed by atoms with van der Waals surface area (Å²) in [6.07, 6.45) is 1.22. The van der Waals surface area contributed by atoms with Crippen LogP contribution in [0.4, 0.5) is 5.82 Å². The molecule has 0 aromatic carbocycles. The SMILES string of the molecule is Cc1cccc(NCC2CCN(Cc3c(C)noc3C)C2)n1. The molecule has 2 aromatic rings. The Morgan fingerprint density at radius 3 is 2.91 bits per heavy atom. The van der Waals surface area contributed by atoms with Gasteiger partial charge >= 0.3 is 0 Å². The zero-order chi connectivity index (χ0) is 15.5. The Kier molecular flexibility index (Phi) is 4.43. The first-order valence-corrected chi connectivity index (χ1v) is 7.93. The third kappa shape index (κ3) is 3.47. The fourth-order valence-corrected chi connectivity index (χ4v) is 3.06. The molecule has 118 valence electrons. The normalized spacial score (nSPS) is 18.8. The largest absolute Gasteiger partial charge is 0.370 e. The molecule has 1 aliphatic heterocycles. The second-order valence-corrected chi connectivity index (χ2v) is 6.24. The quantitative estimate of drug-likeness (QED) is 0.920. The van der Waals surface area contributed by atoms with Gasteiger partial charge in [-0.15, -0.1) is 0 Å². The van der Waals surface area contributed by atoms with Crippen molar-refractivity contribution in [1.82, 2.24) is 15.0 Å². The monoisotopic (exact) mass is 300 g/mol. The fraction of sp³-hybridized carbons (Fsp3) is 0.529. The summed E-state index contributed by atoms with van der Waals surface area (Å²) in [5, 5.41) is 7.50. The number of anilines is 1. The van der Waals surface area contributed by atoms with Crippen LogP contribution in [0.5, 0.6) is 0 Å². The summed E-state index contributed by atoms with van der Waals surface area (Å²) in [4.78, 5) is 6.98. The van der Waals surface area contributed by atoms with Crippen LogP contribution in [0, 0.1) is 26.7 Å². The third-order valence-electron chi connectivity index (χ3n) is 4.39. The molecule has 1 atom stereocenters. The van der Waals surface area contributed by atoms with E-state index in [1.807, 2.05) is 39.0 Å². The van der Waals surface area contributed by atoms with Gasteiger partial charge in [0.1, 0.15) is 11.6 Å². The van der Waals surface area contributed by atoms with Gasteiger partial charge in [-0.3, -0.25) is 4.90 Å². The molecule has 0 amide bonds. The molecule has 0 saturated carbocycles. The van der Waals surface area contributed by atoms with Gasteiger partial charge in [-0.1, -0.05) is 11.2 Å². The first kappa shape index (κ1) is 15.0. The highest BCUT2D eigenvalue weighted by Crippen LogP contribution is 2.22. The highest BCUT2D eigenvalue weighted by molar-refractivity contribution is 5.35. The molecule has 5 heteroatoms. The topological polar surface area (TPSA) is 54.2 Å². The van der Waals surface area contributed by atoms with Gasteiger partial charge in [-0.05, 0) is 51.8 Å². The standard InChI is InChI=1S/C17H24N4O/c1-12-5-4-6-17(19-12)18-9-15-7-8-21(10-15)11-16-13(2)20-22-14(16)3/h4-6,15H,7-11H2,1-3H3,(H,18,19). The van der Waals surface area contributed by atoms with Crippen LogP contribution in [0.15, 0.2) is 22.7 Å². The fourth-order valence-electron chi connectivity index (χ4n) is 3.06. The van der Waals surface area contributed by atoms with Crippen molar-refractivity contribution < 1.29 is 4.52 Å². The van der Waals surface area contributed by atoms with E-state index in [-0.39, 0.29) is 0 Å². The molecule has 3 heterocycles. The maximum absolute atomic E-state index is 5.25. The molecule has 0 bridgehead atoms. The number of aromatic nitrogens is 2. The lowest BCUT2D eigenvalue weighted by molar-refractivity contribution is 0.315. The average molecular weight is 300 g/mol. The zero-order valence-corrected chi connectivity index (χ0v) is 13.6. The Balaban J connectivity index is 1.50. The minimum atomic E-state index is 0.669. The van der Waals surface area contributed by atoms with Crippen LogP contribution in [-0.2, 0) is 6.54 Å². The number of pyridine rings is 1. The lowest BCUT2D eigenvalue weighted by Crippen LogP contribution is -2.23. The smallest absolute Gasteiger partial charge is 0.138 e. The van der Waals surface area contributed by atoms with E-state index >= 15 is 0 Å². The highest BCUT2D eigenvalue weighted by atomic mass is 16.5. The summed E-state index contributed by atoms with van der Waals surface area (Å²) >= 11 is 0. The number of likely N-dealkylation sites (tertiary alicyclic amines) is 1. The Morgan fingerprint density at radius 2 is 2.18 bits per heavy atom. The summed E-state index contributed by atoms with van der Waals surface area (Å²) in [5.41, 5.74) is 3.31. The van der Waals surface area contributed by atoms with E-state index in [0.29, 0.717) is 5.92 Å².